The van der Waals surface area contributed by atoms with Crippen molar-refractivity contribution >= 4 is 12.3 Å². The van der Waals surface area contributed by atoms with Gasteiger partial charge in [-0.2, -0.15) is 0 Å². The molecule has 1 aromatic rings. The highest BCUT2D eigenvalue weighted by Crippen LogP contribution is 2.45. The lowest BCUT2D eigenvalue weighted by molar-refractivity contribution is -0.141. The summed E-state index contributed by atoms with van der Waals surface area (Å²) in [6.45, 7) is 0. The normalized spacial score (nSPS) is 16.1. The van der Waals surface area contributed by atoms with Crippen LogP contribution >= 0.6 is 0 Å². The molecule has 1 aromatic carbocycles. The number of phenols is 1. The van der Waals surface area contributed by atoms with E-state index in [9.17, 15) is 14.7 Å². The molecule has 1 unspecified atom stereocenters. The Morgan fingerprint density at radius 3 is 2.78 bits per heavy atom. The quantitative estimate of drug-likeness (QED) is 0.641. The van der Waals surface area contributed by atoms with Gasteiger partial charge in [0.15, 0.2) is 6.29 Å². The van der Waals surface area contributed by atoms with Crippen molar-refractivity contribution in [2.45, 2.75) is 25.2 Å². The molecule has 1 aliphatic rings. The van der Waals surface area contributed by atoms with Crippen LogP contribution in [0.3, 0.4) is 0 Å². The highest BCUT2D eigenvalue weighted by atomic mass is 16.5. The number of aromatic hydroxyl groups is 1. The number of carbonyl (C=O) groups excluding carboxylic acids is 2. The van der Waals surface area contributed by atoms with Crippen LogP contribution in [0.15, 0.2) is 18.2 Å². The second-order valence-corrected chi connectivity index (χ2v) is 4.66. The molecule has 0 aliphatic heterocycles. The molecule has 1 fully saturated rings. The van der Waals surface area contributed by atoms with Crippen LogP contribution in [0.25, 0.3) is 0 Å². The Hall–Kier alpha value is -1.84. The van der Waals surface area contributed by atoms with Crippen LogP contribution in [0.4, 0.5) is 0 Å². The van der Waals surface area contributed by atoms with Gasteiger partial charge in [0.05, 0.1) is 19.1 Å². The lowest BCUT2D eigenvalue weighted by Crippen LogP contribution is -2.10. The molecule has 2 rings (SSSR count). The van der Waals surface area contributed by atoms with Gasteiger partial charge in [0.25, 0.3) is 0 Å². The maximum Gasteiger partial charge on any atom is 0.306 e. The summed E-state index contributed by atoms with van der Waals surface area (Å²) < 4.78 is 4.70. The van der Waals surface area contributed by atoms with Crippen molar-refractivity contribution in [3.05, 3.63) is 29.3 Å². The van der Waals surface area contributed by atoms with Crippen LogP contribution in [-0.4, -0.2) is 24.5 Å². The molecule has 0 bridgehead atoms. The average molecular weight is 248 g/mol. The first-order chi connectivity index (χ1) is 8.65. The molecule has 1 atom stereocenters. The van der Waals surface area contributed by atoms with Gasteiger partial charge in [-0.1, -0.05) is 6.07 Å². The molecular formula is C14H16O4. The monoisotopic (exact) mass is 248 g/mol. The predicted octanol–water partition coefficient (Wildman–Crippen LogP) is 2.26. The fourth-order valence-corrected chi connectivity index (χ4v) is 2.21. The van der Waals surface area contributed by atoms with E-state index in [0.29, 0.717) is 18.6 Å². The van der Waals surface area contributed by atoms with Crippen LogP contribution in [0, 0.1) is 5.92 Å². The van der Waals surface area contributed by atoms with E-state index >= 15 is 0 Å². The Labute approximate surface area is 106 Å². The number of phenolic OH excluding ortho intramolecular Hbond substituents is 1. The Bertz CT molecular complexity index is 463. The predicted molar refractivity (Wildman–Crippen MR) is 65.6 cm³/mol. The summed E-state index contributed by atoms with van der Waals surface area (Å²) in [7, 11) is 1.37. The third-order valence-corrected chi connectivity index (χ3v) is 3.41. The lowest BCUT2D eigenvalue weighted by Gasteiger charge is -2.16. The summed E-state index contributed by atoms with van der Waals surface area (Å²) in [6.07, 6.45) is 3.13. The smallest absolute Gasteiger partial charge is 0.306 e. The summed E-state index contributed by atoms with van der Waals surface area (Å²) in [5.41, 5.74) is 1.16. The Balaban J connectivity index is 2.22. The largest absolute Gasteiger partial charge is 0.507 e. The topological polar surface area (TPSA) is 63.6 Å². The van der Waals surface area contributed by atoms with E-state index in [4.69, 9.17) is 4.74 Å². The van der Waals surface area contributed by atoms with Gasteiger partial charge in [0, 0.05) is 0 Å². The van der Waals surface area contributed by atoms with Crippen LogP contribution < -0.4 is 0 Å². The molecule has 0 amide bonds. The van der Waals surface area contributed by atoms with E-state index < -0.39 is 0 Å². The Morgan fingerprint density at radius 2 is 2.28 bits per heavy atom. The molecule has 4 nitrogen and oxygen atoms in total. The third-order valence-electron chi connectivity index (χ3n) is 3.41. The molecule has 1 aliphatic carbocycles. The number of ether oxygens (including phenoxy) is 1. The summed E-state index contributed by atoms with van der Waals surface area (Å²) in [5.74, 6) is 0.276. The highest BCUT2D eigenvalue weighted by Gasteiger charge is 2.34. The number of aldehydes is 1. The molecule has 0 radical (unpaired) electrons. The summed E-state index contributed by atoms with van der Waals surface area (Å²) >= 11 is 0. The first-order valence-electron chi connectivity index (χ1n) is 6.00. The van der Waals surface area contributed by atoms with E-state index in [2.05, 4.69) is 0 Å². The first kappa shape index (κ1) is 12.6. The van der Waals surface area contributed by atoms with E-state index in [0.717, 1.165) is 18.4 Å². The molecule has 0 heterocycles. The Morgan fingerprint density at radius 1 is 1.56 bits per heavy atom. The second kappa shape index (κ2) is 5.21. The van der Waals surface area contributed by atoms with Gasteiger partial charge >= 0.3 is 5.97 Å². The van der Waals surface area contributed by atoms with Crippen LogP contribution in [-0.2, 0) is 9.53 Å². The lowest BCUT2D eigenvalue weighted by atomic mass is 9.90. The molecule has 96 valence electrons. The fourth-order valence-electron chi connectivity index (χ4n) is 2.21. The molecule has 0 spiro atoms. The van der Waals surface area contributed by atoms with E-state index in [1.165, 1.54) is 7.11 Å². The maximum absolute atomic E-state index is 11.4. The number of benzene rings is 1. The Kier molecular flexibility index (Phi) is 3.65. The molecule has 18 heavy (non-hydrogen) atoms. The number of methoxy groups -OCH3 is 1. The van der Waals surface area contributed by atoms with Gasteiger partial charge in [-0.3, -0.25) is 9.59 Å². The van der Waals surface area contributed by atoms with Crippen molar-refractivity contribution in [2.24, 2.45) is 5.92 Å². The van der Waals surface area contributed by atoms with Gasteiger partial charge in [-0.05, 0) is 42.4 Å². The van der Waals surface area contributed by atoms with Gasteiger partial charge in [-0.15, -0.1) is 0 Å². The minimum absolute atomic E-state index is 0.0296. The summed E-state index contributed by atoms with van der Waals surface area (Å²) in [5, 5.41) is 9.69. The van der Waals surface area contributed by atoms with Gasteiger partial charge in [0.2, 0.25) is 0 Å². The third kappa shape index (κ3) is 2.70. The summed E-state index contributed by atoms with van der Waals surface area (Å²) in [4.78, 5) is 22.0. The van der Waals surface area contributed by atoms with Crippen molar-refractivity contribution in [3.63, 3.8) is 0 Å². The van der Waals surface area contributed by atoms with Crippen molar-refractivity contribution in [2.75, 3.05) is 7.11 Å². The zero-order chi connectivity index (χ0) is 13.1. The molecular weight excluding hydrogens is 232 g/mol. The van der Waals surface area contributed by atoms with Gasteiger partial charge < -0.3 is 9.84 Å². The molecule has 1 saturated carbocycles. The number of rotatable bonds is 5. The van der Waals surface area contributed by atoms with Crippen LogP contribution in [0.2, 0.25) is 0 Å². The number of hydrogen-bond acceptors (Lipinski definition) is 4. The van der Waals surface area contributed by atoms with Crippen molar-refractivity contribution in [1.29, 1.82) is 0 Å². The number of carbonyl (C=O) groups is 2. The minimum Gasteiger partial charge on any atom is -0.507 e. The maximum atomic E-state index is 11.4. The van der Waals surface area contributed by atoms with Gasteiger partial charge in [0.1, 0.15) is 5.75 Å². The molecule has 4 heteroatoms. The summed E-state index contributed by atoms with van der Waals surface area (Å²) in [6, 6.07) is 4.97. The van der Waals surface area contributed by atoms with Crippen molar-refractivity contribution in [1.82, 2.24) is 0 Å². The molecule has 0 saturated heterocycles. The number of hydrogen-bond donors (Lipinski definition) is 1. The number of esters is 1. The average Bonchev–Trinajstić information content (AvgIpc) is 3.19. The van der Waals surface area contributed by atoms with Crippen molar-refractivity contribution < 1.29 is 19.4 Å². The standard InChI is InChI=1S/C14H16O4/c1-18-14(17)7-12(9-2-3-9)10-4-5-11(8-15)13(16)6-10/h4-6,8-9,12,16H,2-3,7H2,1H3. The zero-order valence-electron chi connectivity index (χ0n) is 10.3. The van der Waals surface area contributed by atoms with E-state index in [-0.39, 0.29) is 23.2 Å². The highest BCUT2D eigenvalue weighted by molar-refractivity contribution is 5.79. The van der Waals surface area contributed by atoms with Crippen molar-refractivity contribution in [3.8, 4) is 5.75 Å². The SMILES string of the molecule is COC(=O)CC(c1ccc(C=O)c(O)c1)C1CC1. The van der Waals surface area contributed by atoms with Crippen LogP contribution in [0.5, 0.6) is 5.75 Å². The van der Waals surface area contributed by atoms with Crippen LogP contribution in [0.1, 0.15) is 41.1 Å². The molecule has 1 N–H and O–H groups in total. The van der Waals surface area contributed by atoms with E-state index in [1.807, 2.05) is 0 Å². The van der Waals surface area contributed by atoms with Gasteiger partial charge in [-0.25, -0.2) is 0 Å². The zero-order valence-corrected chi connectivity index (χ0v) is 10.3. The fraction of sp³-hybridized carbons (Fsp3) is 0.429. The van der Waals surface area contributed by atoms with E-state index in [1.54, 1.807) is 18.2 Å². The first-order valence-corrected chi connectivity index (χ1v) is 6.00. The second-order valence-electron chi connectivity index (χ2n) is 4.66. The minimum atomic E-state index is -0.245. The molecule has 0 aromatic heterocycles.